The third-order valence-electron chi connectivity index (χ3n) is 3.22. The van der Waals surface area contributed by atoms with E-state index in [0.29, 0.717) is 0 Å². The molecular weight excluding hydrogens is 204 g/mol. The van der Waals surface area contributed by atoms with Crippen LogP contribution < -0.4 is 10.6 Å². The summed E-state index contributed by atoms with van der Waals surface area (Å²) in [5.74, 6) is -0.163. The van der Waals surface area contributed by atoms with E-state index in [4.69, 9.17) is 0 Å². The van der Waals surface area contributed by atoms with Crippen molar-refractivity contribution in [3.05, 3.63) is 35.9 Å². The van der Waals surface area contributed by atoms with Crippen LogP contribution in [0.3, 0.4) is 0 Å². The molecule has 2 N–H and O–H groups in total. The van der Waals surface area contributed by atoms with Crippen molar-refractivity contribution in [3.8, 4) is 0 Å². The third kappa shape index (κ3) is 1.30. The molecule has 0 aromatic heterocycles. The van der Waals surface area contributed by atoms with Gasteiger partial charge in [-0.3, -0.25) is 9.59 Å². The van der Waals surface area contributed by atoms with Gasteiger partial charge >= 0.3 is 0 Å². The molecule has 2 fully saturated rings. The minimum atomic E-state index is -0.581. The summed E-state index contributed by atoms with van der Waals surface area (Å²) in [6.45, 7) is 0. The molecule has 1 atom stereocenters. The molecule has 0 bridgehead atoms. The lowest BCUT2D eigenvalue weighted by atomic mass is 10.0. The highest BCUT2D eigenvalue weighted by molar-refractivity contribution is 6.02. The average molecular weight is 216 g/mol. The van der Waals surface area contributed by atoms with Gasteiger partial charge in [0.25, 0.3) is 0 Å². The fourth-order valence-electron chi connectivity index (χ4n) is 2.06. The fraction of sp³-hybridized carbons (Fsp3) is 0.333. The summed E-state index contributed by atoms with van der Waals surface area (Å²) in [4.78, 5) is 23.7. The van der Waals surface area contributed by atoms with Gasteiger partial charge in [0.1, 0.15) is 11.6 Å². The number of amides is 2. The maximum absolute atomic E-state index is 11.9. The molecule has 1 heterocycles. The summed E-state index contributed by atoms with van der Waals surface area (Å²) in [6, 6.07) is 8.74. The second-order valence-electron chi connectivity index (χ2n) is 4.39. The number of piperazine rings is 1. The van der Waals surface area contributed by atoms with Crippen molar-refractivity contribution in [2.75, 3.05) is 0 Å². The smallest absolute Gasteiger partial charge is 0.248 e. The molecule has 2 amide bonds. The van der Waals surface area contributed by atoms with Crippen LogP contribution in [0.5, 0.6) is 0 Å². The standard InChI is InChI=1S/C12H12N2O2/c15-10-9(8-4-2-1-3-5-8)13-11(16)12(14-10)6-7-12/h1-5,9H,6-7H2,(H,13,16)(H,14,15)/t9-/m0/s1. The van der Waals surface area contributed by atoms with Gasteiger partial charge in [0.2, 0.25) is 11.8 Å². The fourth-order valence-corrected chi connectivity index (χ4v) is 2.06. The topological polar surface area (TPSA) is 58.2 Å². The molecule has 1 saturated heterocycles. The van der Waals surface area contributed by atoms with Crippen molar-refractivity contribution in [2.45, 2.75) is 24.4 Å². The summed E-state index contributed by atoms with van der Waals surface area (Å²) < 4.78 is 0. The number of nitrogens with one attached hydrogen (secondary N) is 2. The van der Waals surface area contributed by atoms with Gasteiger partial charge in [-0.2, -0.15) is 0 Å². The normalized spacial score (nSPS) is 26.1. The molecule has 1 aromatic rings. The number of rotatable bonds is 1. The van der Waals surface area contributed by atoms with Crippen molar-refractivity contribution < 1.29 is 9.59 Å². The van der Waals surface area contributed by atoms with E-state index in [2.05, 4.69) is 10.6 Å². The maximum Gasteiger partial charge on any atom is 0.248 e. The maximum atomic E-state index is 11.9. The highest BCUT2D eigenvalue weighted by Crippen LogP contribution is 2.38. The molecule has 0 radical (unpaired) electrons. The summed E-state index contributed by atoms with van der Waals surface area (Å²) >= 11 is 0. The number of carbonyl (C=O) groups excluding carboxylic acids is 2. The summed E-state index contributed by atoms with van der Waals surface area (Å²) in [6.07, 6.45) is 1.51. The van der Waals surface area contributed by atoms with E-state index in [0.717, 1.165) is 18.4 Å². The van der Waals surface area contributed by atoms with Gasteiger partial charge in [-0.1, -0.05) is 30.3 Å². The predicted molar refractivity (Wildman–Crippen MR) is 57.4 cm³/mol. The Morgan fingerprint density at radius 3 is 2.44 bits per heavy atom. The van der Waals surface area contributed by atoms with Crippen molar-refractivity contribution in [3.63, 3.8) is 0 Å². The number of benzene rings is 1. The molecule has 82 valence electrons. The molecule has 4 nitrogen and oxygen atoms in total. The molecule has 1 spiro atoms. The van der Waals surface area contributed by atoms with Crippen LogP contribution in [0.1, 0.15) is 24.4 Å². The van der Waals surface area contributed by atoms with Crippen LogP contribution in [0.25, 0.3) is 0 Å². The Kier molecular flexibility index (Phi) is 1.80. The van der Waals surface area contributed by atoms with Crippen LogP contribution in [0.15, 0.2) is 30.3 Å². The molecule has 2 aliphatic rings. The van der Waals surface area contributed by atoms with E-state index >= 15 is 0 Å². The lowest BCUT2D eigenvalue weighted by Crippen LogP contribution is -2.59. The van der Waals surface area contributed by atoms with Crippen molar-refractivity contribution in [1.29, 1.82) is 0 Å². The predicted octanol–water partition coefficient (Wildman–Crippen LogP) is 0.506. The zero-order valence-electron chi connectivity index (χ0n) is 8.69. The zero-order chi connectivity index (χ0) is 11.2. The van der Waals surface area contributed by atoms with Crippen molar-refractivity contribution >= 4 is 11.8 Å². The van der Waals surface area contributed by atoms with E-state index in [-0.39, 0.29) is 11.8 Å². The third-order valence-corrected chi connectivity index (χ3v) is 3.22. The van der Waals surface area contributed by atoms with Crippen LogP contribution in [0.4, 0.5) is 0 Å². The van der Waals surface area contributed by atoms with Crippen LogP contribution >= 0.6 is 0 Å². The Morgan fingerprint density at radius 1 is 1.12 bits per heavy atom. The minimum Gasteiger partial charge on any atom is -0.340 e. The summed E-state index contributed by atoms with van der Waals surface area (Å²) in [5, 5.41) is 5.60. The molecule has 0 unspecified atom stereocenters. The van der Waals surface area contributed by atoms with Crippen LogP contribution in [0.2, 0.25) is 0 Å². The summed E-state index contributed by atoms with van der Waals surface area (Å²) in [7, 11) is 0. The molecule has 1 aromatic carbocycles. The number of hydrogen-bond acceptors (Lipinski definition) is 2. The second-order valence-corrected chi connectivity index (χ2v) is 4.39. The van der Waals surface area contributed by atoms with Gasteiger partial charge in [-0.25, -0.2) is 0 Å². The first kappa shape index (κ1) is 9.39. The van der Waals surface area contributed by atoms with E-state index in [9.17, 15) is 9.59 Å². The van der Waals surface area contributed by atoms with Crippen molar-refractivity contribution in [1.82, 2.24) is 10.6 Å². The highest BCUT2D eigenvalue weighted by Gasteiger charge is 2.55. The monoisotopic (exact) mass is 216 g/mol. The molecule has 1 saturated carbocycles. The Balaban J connectivity index is 1.88. The summed E-state index contributed by atoms with van der Waals surface area (Å²) in [5.41, 5.74) is 0.242. The van der Waals surface area contributed by atoms with Crippen LogP contribution in [-0.4, -0.2) is 17.4 Å². The SMILES string of the molecule is O=C1NC2(CC2)C(=O)N[C@H]1c1ccccc1. The van der Waals surface area contributed by atoms with Gasteiger partial charge in [0.15, 0.2) is 0 Å². The quantitative estimate of drug-likeness (QED) is 0.718. The lowest BCUT2D eigenvalue weighted by molar-refractivity contribution is -0.138. The highest BCUT2D eigenvalue weighted by atomic mass is 16.2. The minimum absolute atomic E-state index is 0.0547. The largest absolute Gasteiger partial charge is 0.340 e. The first-order valence-corrected chi connectivity index (χ1v) is 5.39. The molecular formula is C12H12N2O2. The van der Waals surface area contributed by atoms with Crippen LogP contribution in [0, 0.1) is 0 Å². The van der Waals surface area contributed by atoms with E-state index in [1.165, 1.54) is 0 Å². The van der Waals surface area contributed by atoms with Gasteiger partial charge in [0.05, 0.1) is 0 Å². The lowest BCUT2D eigenvalue weighted by Gasteiger charge is -2.29. The van der Waals surface area contributed by atoms with Gasteiger partial charge in [-0.05, 0) is 18.4 Å². The molecule has 3 rings (SSSR count). The Hall–Kier alpha value is -1.84. The molecule has 16 heavy (non-hydrogen) atoms. The molecule has 4 heteroatoms. The van der Waals surface area contributed by atoms with E-state index in [1.54, 1.807) is 0 Å². The zero-order valence-corrected chi connectivity index (χ0v) is 8.69. The van der Waals surface area contributed by atoms with Crippen LogP contribution in [-0.2, 0) is 9.59 Å². The Morgan fingerprint density at radius 2 is 1.81 bits per heavy atom. The first-order chi connectivity index (χ1) is 7.71. The average Bonchev–Trinajstić information content (AvgIpc) is 3.06. The molecule has 1 aliphatic carbocycles. The Labute approximate surface area is 93.0 Å². The van der Waals surface area contributed by atoms with Gasteiger partial charge < -0.3 is 10.6 Å². The van der Waals surface area contributed by atoms with E-state index in [1.807, 2.05) is 30.3 Å². The Bertz CT molecular complexity index is 451. The molecule has 1 aliphatic heterocycles. The number of carbonyl (C=O) groups is 2. The second kappa shape index (κ2) is 3.07. The van der Waals surface area contributed by atoms with E-state index < -0.39 is 11.6 Å². The van der Waals surface area contributed by atoms with Crippen molar-refractivity contribution in [2.24, 2.45) is 0 Å². The number of hydrogen-bond donors (Lipinski definition) is 2. The first-order valence-electron chi connectivity index (χ1n) is 5.39. The van der Waals surface area contributed by atoms with Gasteiger partial charge in [0, 0.05) is 0 Å². The van der Waals surface area contributed by atoms with Gasteiger partial charge in [-0.15, -0.1) is 0 Å².